The van der Waals surface area contributed by atoms with Gasteiger partial charge in [-0.3, -0.25) is 9.59 Å². The van der Waals surface area contributed by atoms with Gasteiger partial charge in [0.25, 0.3) is 11.8 Å². The van der Waals surface area contributed by atoms with Crippen molar-refractivity contribution in [3.8, 4) is 11.5 Å². The van der Waals surface area contributed by atoms with Crippen LogP contribution < -0.4 is 20.2 Å². The number of anilines is 1. The third-order valence-electron chi connectivity index (χ3n) is 3.33. The van der Waals surface area contributed by atoms with Gasteiger partial charge in [0.05, 0.1) is 5.56 Å². The van der Waals surface area contributed by atoms with Crippen LogP contribution in [-0.2, 0) is 4.79 Å². The van der Waals surface area contributed by atoms with Crippen molar-refractivity contribution in [2.24, 2.45) is 5.10 Å². The Kier molecular flexibility index (Phi) is 4.99. The van der Waals surface area contributed by atoms with Gasteiger partial charge in [0, 0.05) is 5.71 Å². The summed E-state index contributed by atoms with van der Waals surface area (Å²) in [5.41, 5.74) is 3.51. The summed E-state index contributed by atoms with van der Waals surface area (Å²) in [7, 11) is 0. The standard InChI is InChI=1S/C17H17N3O4S/c1-10(2)19-20-15(21)11-7-8-25-17(11)18-16(22)14-9-23-12-5-3-4-6-13(12)24-14/h3-8,14H,9H2,1-2H3,(H,18,22)(H,20,21). The molecule has 0 spiro atoms. The molecule has 2 aromatic rings. The van der Waals surface area contributed by atoms with Crippen LogP contribution in [0.1, 0.15) is 24.2 Å². The predicted octanol–water partition coefficient (Wildman–Crippen LogP) is 2.65. The van der Waals surface area contributed by atoms with Crippen molar-refractivity contribution >= 4 is 33.9 Å². The largest absolute Gasteiger partial charge is 0.485 e. The van der Waals surface area contributed by atoms with E-state index < -0.39 is 6.10 Å². The molecule has 0 aliphatic carbocycles. The lowest BCUT2D eigenvalue weighted by Crippen LogP contribution is -2.40. The van der Waals surface area contributed by atoms with E-state index in [2.05, 4.69) is 15.8 Å². The molecule has 1 aliphatic rings. The highest BCUT2D eigenvalue weighted by molar-refractivity contribution is 7.14. The Morgan fingerprint density at radius 2 is 1.96 bits per heavy atom. The summed E-state index contributed by atoms with van der Waals surface area (Å²) in [6, 6.07) is 8.79. The van der Waals surface area contributed by atoms with E-state index in [1.165, 1.54) is 11.3 Å². The maximum atomic E-state index is 12.4. The number of amides is 2. The van der Waals surface area contributed by atoms with Gasteiger partial charge >= 0.3 is 0 Å². The monoisotopic (exact) mass is 359 g/mol. The fourth-order valence-corrected chi connectivity index (χ4v) is 2.94. The molecule has 3 rings (SSSR count). The molecule has 7 nitrogen and oxygen atoms in total. The molecular formula is C17H17N3O4S. The summed E-state index contributed by atoms with van der Waals surface area (Å²) in [5, 5.41) is 8.77. The smallest absolute Gasteiger partial charge is 0.274 e. The first-order valence-corrected chi connectivity index (χ1v) is 8.50. The number of ether oxygens (including phenoxy) is 2. The Balaban J connectivity index is 1.67. The van der Waals surface area contributed by atoms with Gasteiger partial charge in [0.2, 0.25) is 6.10 Å². The van der Waals surface area contributed by atoms with Crippen molar-refractivity contribution in [3.05, 3.63) is 41.3 Å². The van der Waals surface area contributed by atoms with Crippen LogP contribution in [0.2, 0.25) is 0 Å². The topological polar surface area (TPSA) is 89.0 Å². The van der Waals surface area contributed by atoms with Gasteiger partial charge in [0.1, 0.15) is 11.6 Å². The summed E-state index contributed by atoms with van der Waals surface area (Å²) in [6.45, 7) is 3.65. The SMILES string of the molecule is CC(C)=NNC(=O)c1ccsc1NC(=O)C1COc2ccccc2O1. The van der Waals surface area contributed by atoms with Crippen molar-refractivity contribution in [2.75, 3.05) is 11.9 Å². The fraction of sp³-hybridized carbons (Fsp3) is 0.235. The van der Waals surface area contributed by atoms with Gasteiger partial charge in [-0.05, 0) is 37.4 Å². The normalized spacial score (nSPS) is 15.2. The number of hydrogen-bond donors (Lipinski definition) is 2. The molecule has 1 aromatic heterocycles. The van der Waals surface area contributed by atoms with Crippen LogP contribution in [0.5, 0.6) is 11.5 Å². The van der Waals surface area contributed by atoms with E-state index in [1.807, 2.05) is 6.07 Å². The number of hydrogen-bond acceptors (Lipinski definition) is 6. The van der Waals surface area contributed by atoms with Crippen LogP contribution >= 0.6 is 11.3 Å². The molecule has 2 heterocycles. The molecule has 8 heteroatoms. The number of fused-ring (bicyclic) bond motifs is 1. The molecule has 0 bridgehead atoms. The maximum Gasteiger partial charge on any atom is 0.274 e. The van der Waals surface area contributed by atoms with E-state index in [1.54, 1.807) is 43.5 Å². The van der Waals surface area contributed by atoms with Crippen molar-refractivity contribution < 1.29 is 19.1 Å². The molecule has 0 saturated carbocycles. The second-order valence-electron chi connectivity index (χ2n) is 5.52. The van der Waals surface area contributed by atoms with Gasteiger partial charge in [-0.1, -0.05) is 12.1 Å². The number of benzene rings is 1. The first-order valence-electron chi connectivity index (χ1n) is 7.62. The van der Waals surface area contributed by atoms with Crippen LogP contribution in [0.25, 0.3) is 0 Å². The van der Waals surface area contributed by atoms with Crippen LogP contribution in [0, 0.1) is 0 Å². The van der Waals surface area contributed by atoms with Gasteiger partial charge in [-0.2, -0.15) is 5.10 Å². The number of carbonyl (C=O) groups excluding carboxylic acids is 2. The summed E-state index contributed by atoms with van der Waals surface area (Å²) in [6.07, 6.45) is -0.788. The third kappa shape index (κ3) is 3.97. The molecular weight excluding hydrogens is 342 g/mol. The average Bonchev–Trinajstić information content (AvgIpc) is 3.07. The maximum absolute atomic E-state index is 12.4. The first kappa shape index (κ1) is 17.0. The number of para-hydroxylation sites is 2. The zero-order chi connectivity index (χ0) is 17.8. The van der Waals surface area contributed by atoms with Crippen molar-refractivity contribution in [2.45, 2.75) is 20.0 Å². The minimum atomic E-state index is -0.788. The van der Waals surface area contributed by atoms with Crippen LogP contribution in [0.3, 0.4) is 0 Å². The lowest BCUT2D eigenvalue weighted by molar-refractivity contribution is -0.125. The Hall–Kier alpha value is -2.87. The van der Waals surface area contributed by atoms with Crippen molar-refractivity contribution in [1.29, 1.82) is 0 Å². The van der Waals surface area contributed by atoms with Gasteiger partial charge < -0.3 is 14.8 Å². The van der Waals surface area contributed by atoms with Crippen molar-refractivity contribution in [1.82, 2.24) is 5.43 Å². The lowest BCUT2D eigenvalue weighted by Gasteiger charge is -2.25. The van der Waals surface area contributed by atoms with Gasteiger partial charge in [-0.25, -0.2) is 5.43 Å². The van der Waals surface area contributed by atoms with Gasteiger partial charge in [-0.15, -0.1) is 11.3 Å². The molecule has 2 amide bonds. The molecule has 0 saturated heterocycles. The molecule has 1 atom stereocenters. The second-order valence-corrected chi connectivity index (χ2v) is 6.43. The minimum absolute atomic E-state index is 0.106. The number of rotatable bonds is 4. The Bertz CT molecular complexity index is 827. The highest BCUT2D eigenvalue weighted by Crippen LogP contribution is 2.31. The molecule has 0 radical (unpaired) electrons. The highest BCUT2D eigenvalue weighted by atomic mass is 32.1. The van der Waals surface area contributed by atoms with E-state index in [4.69, 9.17) is 9.47 Å². The van der Waals surface area contributed by atoms with E-state index in [0.29, 0.717) is 22.1 Å². The second kappa shape index (κ2) is 7.35. The number of thiophene rings is 1. The molecule has 1 aromatic carbocycles. The van der Waals surface area contributed by atoms with E-state index in [9.17, 15) is 9.59 Å². The summed E-state index contributed by atoms with van der Waals surface area (Å²) >= 11 is 1.25. The van der Waals surface area contributed by atoms with Crippen LogP contribution in [0.15, 0.2) is 40.8 Å². The summed E-state index contributed by atoms with van der Waals surface area (Å²) in [5.74, 6) is 0.367. The Morgan fingerprint density at radius 1 is 1.20 bits per heavy atom. The number of hydrazone groups is 1. The first-order chi connectivity index (χ1) is 12.0. The molecule has 1 aliphatic heterocycles. The van der Waals surface area contributed by atoms with Crippen molar-refractivity contribution in [3.63, 3.8) is 0 Å². The van der Waals surface area contributed by atoms with Crippen LogP contribution in [-0.4, -0.2) is 30.2 Å². The highest BCUT2D eigenvalue weighted by Gasteiger charge is 2.28. The van der Waals surface area contributed by atoms with Crippen LogP contribution in [0.4, 0.5) is 5.00 Å². The minimum Gasteiger partial charge on any atom is -0.485 e. The van der Waals surface area contributed by atoms with E-state index in [-0.39, 0.29) is 18.4 Å². The molecule has 130 valence electrons. The summed E-state index contributed by atoms with van der Waals surface area (Å²) < 4.78 is 11.2. The molecule has 25 heavy (non-hydrogen) atoms. The third-order valence-corrected chi connectivity index (χ3v) is 4.16. The van der Waals surface area contributed by atoms with Gasteiger partial charge in [0.15, 0.2) is 11.5 Å². The number of nitrogens with zero attached hydrogens (tertiary/aromatic N) is 1. The quantitative estimate of drug-likeness (QED) is 0.649. The predicted molar refractivity (Wildman–Crippen MR) is 95.6 cm³/mol. The number of nitrogens with one attached hydrogen (secondary N) is 2. The lowest BCUT2D eigenvalue weighted by atomic mass is 10.2. The Morgan fingerprint density at radius 3 is 2.72 bits per heavy atom. The summed E-state index contributed by atoms with van der Waals surface area (Å²) in [4.78, 5) is 24.6. The average molecular weight is 359 g/mol. The molecule has 2 N–H and O–H groups in total. The van der Waals surface area contributed by atoms with E-state index in [0.717, 1.165) is 5.71 Å². The Labute approximate surface area is 148 Å². The fourth-order valence-electron chi connectivity index (χ4n) is 2.15. The zero-order valence-electron chi connectivity index (χ0n) is 13.7. The molecule has 1 unspecified atom stereocenters. The van der Waals surface area contributed by atoms with E-state index >= 15 is 0 Å². The number of carbonyl (C=O) groups is 2. The zero-order valence-corrected chi connectivity index (χ0v) is 14.6. The molecule has 0 fully saturated rings.